The number of aliphatic hydroxyl groups is 3. The number of thioether (sulfide) groups is 1. The van der Waals surface area contributed by atoms with Crippen molar-refractivity contribution >= 4 is 11.8 Å². The monoisotopic (exact) mass is 224 g/mol. The van der Waals surface area contributed by atoms with Gasteiger partial charge in [0.25, 0.3) is 0 Å². The SMILES string of the molecule is CCS[C@@H]1O[C@H](OC)C(O)[C@H](O)C1O. The highest BCUT2D eigenvalue weighted by Crippen LogP contribution is 2.28. The summed E-state index contributed by atoms with van der Waals surface area (Å²) < 4.78 is 10.1. The molecule has 0 aromatic heterocycles. The molecule has 1 heterocycles. The first kappa shape index (κ1) is 12.2. The summed E-state index contributed by atoms with van der Waals surface area (Å²) in [5.74, 6) is 0.751. The number of hydrogen-bond acceptors (Lipinski definition) is 6. The summed E-state index contributed by atoms with van der Waals surface area (Å²) in [6, 6.07) is 0. The van der Waals surface area contributed by atoms with Crippen molar-refractivity contribution in [1.82, 2.24) is 0 Å². The zero-order valence-corrected chi connectivity index (χ0v) is 8.98. The molecule has 2 unspecified atom stereocenters. The van der Waals surface area contributed by atoms with Gasteiger partial charge in [0.2, 0.25) is 0 Å². The second kappa shape index (κ2) is 5.29. The molecule has 0 radical (unpaired) electrons. The molecule has 0 aromatic carbocycles. The molecule has 5 atom stereocenters. The lowest BCUT2D eigenvalue weighted by Crippen LogP contribution is -2.57. The summed E-state index contributed by atoms with van der Waals surface area (Å²) in [5, 5.41) is 28.4. The number of rotatable bonds is 3. The van der Waals surface area contributed by atoms with Gasteiger partial charge in [-0.3, -0.25) is 0 Å². The quantitative estimate of drug-likeness (QED) is 0.579. The molecule has 1 aliphatic rings. The maximum Gasteiger partial charge on any atom is 0.187 e. The Bertz CT molecular complexity index is 175. The summed E-state index contributed by atoms with van der Waals surface area (Å²) >= 11 is 1.36. The molecule has 3 N–H and O–H groups in total. The summed E-state index contributed by atoms with van der Waals surface area (Å²) in [6.07, 6.45) is -4.39. The van der Waals surface area contributed by atoms with Crippen molar-refractivity contribution in [3.8, 4) is 0 Å². The van der Waals surface area contributed by atoms with Gasteiger partial charge in [-0.2, -0.15) is 0 Å². The second-order valence-electron chi connectivity index (χ2n) is 3.04. The average Bonchev–Trinajstić information content (AvgIpc) is 2.19. The molecular formula is C8H16O5S. The molecule has 6 heteroatoms. The molecule has 5 nitrogen and oxygen atoms in total. The van der Waals surface area contributed by atoms with E-state index in [2.05, 4.69) is 0 Å². The maximum absolute atomic E-state index is 9.54. The van der Waals surface area contributed by atoms with Crippen molar-refractivity contribution < 1.29 is 24.8 Å². The van der Waals surface area contributed by atoms with Crippen LogP contribution in [-0.2, 0) is 9.47 Å². The lowest BCUT2D eigenvalue weighted by Gasteiger charge is -2.39. The normalized spacial score (nSPS) is 43.9. The van der Waals surface area contributed by atoms with Crippen LogP contribution in [0.4, 0.5) is 0 Å². The van der Waals surface area contributed by atoms with Crippen molar-refractivity contribution in [2.24, 2.45) is 0 Å². The van der Waals surface area contributed by atoms with Crippen LogP contribution in [0.1, 0.15) is 6.92 Å². The van der Waals surface area contributed by atoms with E-state index in [9.17, 15) is 15.3 Å². The molecule has 84 valence electrons. The Labute approximate surface area is 87.0 Å². The topological polar surface area (TPSA) is 79.2 Å². The first-order valence-corrected chi connectivity index (χ1v) is 5.50. The fraction of sp³-hybridized carbons (Fsp3) is 1.00. The Balaban J connectivity index is 2.63. The molecule has 0 spiro atoms. The summed E-state index contributed by atoms with van der Waals surface area (Å²) in [4.78, 5) is 0. The maximum atomic E-state index is 9.54. The van der Waals surface area contributed by atoms with E-state index in [1.807, 2.05) is 6.92 Å². The van der Waals surface area contributed by atoms with Crippen LogP contribution in [0.2, 0.25) is 0 Å². The Morgan fingerprint density at radius 2 is 1.86 bits per heavy atom. The lowest BCUT2D eigenvalue weighted by atomic mass is 10.1. The van der Waals surface area contributed by atoms with Crippen molar-refractivity contribution in [3.05, 3.63) is 0 Å². The molecule has 1 fully saturated rings. The minimum atomic E-state index is -1.22. The second-order valence-corrected chi connectivity index (χ2v) is 4.41. The van der Waals surface area contributed by atoms with E-state index in [1.165, 1.54) is 18.9 Å². The molecule has 14 heavy (non-hydrogen) atoms. The van der Waals surface area contributed by atoms with Crippen LogP contribution in [0.5, 0.6) is 0 Å². The van der Waals surface area contributed by atoms with Crippen molar-refractivity contribution in [3.63, 3.8) is 0 Å². The van der Waals surface area contributed by atoms with Gasteiger partial charge < -0.3 is 24.8 Å². The third-order valence-electron chi connectivity index (χ3n) is 2.09. The first-order valence-electron chi connectivity index (χ1n) is 4.45. The average molecular weight is 224 g/mol. The smallest absolute Gasteiger partial charge is 0.187 e. The molecule has 0 saturated carbocycles. The van der Waals surface area contributed by atoms with Gasteiger partial charge in [-0.15, -0.1) is 11.8 Å². The summed E-state index contributed by atoms with van der Waals surface area (Å²) in [5.41, 5.74) is -0.552. The van der Waals surface area contributed by atoms with Crippen LogP contribution in [0.3, 0.4) is 0 Å². The Kier molecular flexibility index (Phi) is 4.62. The Morgan fingerprint density at radius 1 is 1.21 bits per heavy atom. The highest BCUT2D eigenvalue weighted by Gasteiger charge is 2.43. The number of ether oxygens (including phenoxy) is 2. The predicted molar refractivity (Wildman–Crippen MR) is 51.8 cm³/mol. The standard InChI is InChI=1S/C8H16O5S/c1-3-14-8-6(11)4(9)5(10)7(12-2)13-8/h4-11H,3H2,1-2H3/t4-,5?,6?,7-,8-/m0/s1. The van der Waals surface area contributed by atoms with E-state index < -0.39 is 30.0 Å². The van der Waals surface area contributed by atoms with Crippen LogP contribution < -0.4 is 0 Å². The van der Waals surface area contributed by atoms with E-state index in [0.29, 0.717) is 0 Å². The van der Waals surface area contributed by atoms with Gasteiger partial charge in [0, 0.05) is 7.11 Å². The first-order chi connectivity index (χ1) is 6.61. The fourth-order valence-electron chi connectivity index (χ4n) is 1.31. The van der Waals surface area contributed by atoms with E-state index in [1.54, 1.807) is 0 Å². The molecule has 0 aromatic rings. The fourth-order valence-corrected chi connectivity index (χ4v) is 2.19. The van der Waals surface area contributed by atoms with Crippen LogP contribution in [0, 0.1) is 0 Å². The van der Waals surface area contributed by atoms with Gasteiger partial charge in [0.05, 0.1) is 0 Å². The minimum Gasteiger partial charge on any atom is -0.387 e. The highest BCUT2D eigenvalue weighted by atomic mass is 32.2. The largest absolute Gasteiger partial charge is 0.387 e. The molecule has 0 bridgehead atoms. The van der Waals surface area contributed by atoms with Crippen molar-refractivity contribution in [1.29, 1.82) is 0 Å². The number of hydrogen-bond donors (Lipinski definition) is 3. The summed E-state index contributed by atoms with van der Waals surface area (Å²) in [6.45, 7) is 1.92. The van der Waals surface area contributed by atoms with Crippen LogP contribution in [0.25, 0.3) is 0 Å². The molecule has 1 saturated heterocycles. The van der Waals surface area contributed by atoms with E-state index >= 15 is 0 Å². The number of aliphatic hydroxyl groups excluding tert-OH is 3. The van der Waals surface area contributed by atoms with Crippen LogP contribution >= 0.6 is 11.8 Å². The Morgan fingerprint density at radius 3 is 2.36 bits per heavy atom. The van der Waals surface area contributed by atoms with E-state index in [0.717, 1.165) is 5.75 Å². The van der Waals surface area contributed by atoms with Crippen molar-refractivity contribution in [2.45, 2.75) is 37.0 Å². The molecular weight excluding hydrogens is 208 g/mol. The third kappa shape index (κ3) is 2.39. The van der Waals surface area contributed by atoms with Crippen LogP contribution in [0.15, 0.2) is 0 Å². The molecule has 0 amide bonds. The Hall–Kier alpha value is 0.150. The zero-order chi connectivity index (χ0) is 10.7. The van der Waals surface area contributed by atoms with Gasteiger partial charge in [-0.1, -0.05) is 6.92 Å². The molecule has 0 aliphatic carbocycles. The molecule has 1 rings (SSSR count). The highest BCUT2D eigenvalue weighted by molar-refractivity contribution is 7.99. The van der Waals surface area contributed by atoms with E-state index in [4.69, 9.17) is 9.47 Å². The van der Waals surface area contributed by atoms with Gasteiger partial charge in [0.15, 0.2) is 6.29 Å². The lowest BCUT2D eigenvalue weighted by molar-refractivity contribution is -0.270. The van der Waals surface area contributed by atoms with Gasteiger partial charge in [0.1, 0.15) is 23.7 Å². The van der Waals surface area contributed by atoms with Gasteiger partial charge in [-0.05, 0) is 5.75 Å². The molecule has 1 aliphatic heterocycles. The van der Waals surface area contributed by atoms with Gasteiger partial charge >= 0.3 is 0 Å². The van der Waals surface area contributed by atoms with Gasteiger partial charge in [-0.25, -0.2) is 0 Å². The van der Waals surface area contributed by atoms with Crippen molar-refractivity contribution in [2.75, 3.05) is 12.9 Å². The number of methoxy groups -OCH3 is 1. The van der Waals surface area contributed by atoms with Crippen LogP contribution in [-0.4, -0.2) is 58.2 Å². The summed E-state index contributed by atoms with van der Waals surface area (Å²) in [7, 11) is 1.38. The van der Waals surface area contributed by atoms with E-state index in [-0.39, 0.29) is 0 Å². The minimum absolute atomic E-state index is 0.552. The zero-order valence-electron chi connectivity index (χ0n) is 8.16. The third-order valence-corrected chi connectivity index (χ3v) is 3.14. The predicted octanol–water partition coefficient (Wildman–Crippen LogP) is -0.849.